The molecule has 1 aliphatic rings. The van der Waals surface area contributed by atoms with Crippen LogP contribution in [0.5, 0.6) is 0 Å². The van der Waals surface area contributed by atoms with Gasteiger partial charge in [-0.05, 0) is 49.7 Å². The summed E-state index contributed by atoms with van der Waals surface area (Å²) in [4.78, 5) is 15.4. The molecule has 1 amide bonds. The first-order chi connectivity index (χ1) is 15.0. The minimum absolute atomic E-state index is 0.0492. The lowest BCUT2D eigenvalue weighted by Gasteiger charge is -2.26. The molecule has 4 rings (SSSR count). The second kappa shape index (κ2) is 9.69. The monoisotopic (exact) mass is 437 g/mol. The van der Waals surface area contributed by atoms with E-state index >= 15 is 0 Å². The van der Waals surface area contributed by atoms with E-state index in [0.717, 1.165) is 55.5 Å². The highest BCUT2D eigenvalue weighted by Crippen LogP contribution is 2.30. The van der Waals surface area contributed by atoms with E-state index in [1.165, 1.54) is 5.56 Å². The second-order valence-electron chi connectivity index (χ2n) is 7.92. The van der Waals surface area contributed by atoms with Crippen LogP contribution in [-0.2, 0) is 4.74 Å². The van der Waals surface area contributed by atoms with Crippen LogP contribution in [0.4, 0.5) is 0 Å². The van der Waals surface area contributed by atoms with E-state index in [-0.39, 0.29) is 5.91 Å². The highest BCUT2D eigenvalue weighted by molar-refractivity contribution is 6.30. The van der Waals surface area contributed by atoms with Crippen molar-refractivity contribution in [3.63, 3.8) is 0 Å². The molecule has 3 aromatic rings. The van der Waals surface area contributed by atoms with E-state index in [1.54, 1.807) is 0 Å². The van der Waals surface area contributed by atoms with Crippen molar-refractivity contribution in [1.82, 2.24) is 14.8 Å². The average Bonchev–Trinajstić information content (AvgIpc) is 3.13. The third kappa shape index (κ3) is 5.01. The van der Waals surface area contributed by atoms with Crippen LogP contribution in [0.1, 0.15) is 21.6 Å². The Morgan fingerprint density at radius 3 is 2.39 bits per heavy atom. The molecule has 162 valence electrons. The maximum absolute atomic E-state index is 13.1. The molecule has 31 heavy (non-hydrogen) atoms. The van der Waals surface area contributed by atoms with E-state index in [2.05, 4.69) is 46.0 Å². The normalized spacial score (nSPS) is 14.5. The van der Waals surface area contributed by atoms with Crippen molar-refractivity contribution in [2.24, 2.45) is 0 Å². The molecule has 0 saturated carbocycles. The number of hydrogen-bond acceptors (Lipinski definition) is 3. The third-order valence-electron chi connectivity index (χ3n) is 5.74. The molecule has 0 radical (unpaired) electrons. The molecule has 1 saturated heterocycles. The van der Waals surface area contributed by atoms with Gasteiger partial charge in [0.1, 0.15) is 0 Å². The Hall–Kier alpha value is -2.60. The number of carbonyl (C=O) groups excluding carboxylic acids is 1. The molecular formula is C25H28ClN3O2. The standard InChI is InChI=1S/C25H28ClN3O2/c1-18-3-9-22(10-4-18)29-19(2)23(17-24(29)20-5-7-21(26)8-6-20)25(30)27-11-12-28-13-15-31-16-14-28/h3-10,17H,11-16H2,1-2H3,(H,27,30). The molecule has 1 fully saturated rings. The minimum atomic E-state index is -0.0492. The Morgan fingerprint density at radius 2 is 1.71 bits per heavy atom. The van der Waals surface area contributed by atoms with Crippen molar-refractivity contribution in [3.8, 4) is 16.9 Å². The first kappa shape index (κ1) is 21.6. The number of morpholine rings is 1. The Kier molecular flexibility index (Phi) is 6.76. The van der Waals surface area contributed by atoms with Gasteiger partial charge in [-0.15, -0.1) is 0 Å². The van der Waals surface area contributed by atoms with E-state index < -0.39 is 0 Å². The number of halogens is 1. The summed E-state index contributed by atoms with van der Waals surface area (Å²) in [5.74, 6) is -0.0492. The fourth-order valence-electron chi connectivity index (χ4n) is 3.94. The zero-order valence-electron chi connectivity index (χ0n) is 18.0. The predicted octanol–water partition coefficient (Wildman–Crippen LogP) is 4.48. The van der Waals surface area contributed by atoms with Crippen molar-refractivity contribution in [2.45, 2.75) is 13.8 Å². The van der Waals surface area contributed by atoms with Crippen LogP contribution in [0.3, 0.4) is 0 Å². The number of ether oxygens (including phenoxy) is 1. The Balaban J connectivity index is 1.61. The summed E-state index contributed by atoms with van der Waals surface area (Å²) in [5.41, 5.74) is 5.81. The van der Waals surface area contributed by atoms with Crippen molar-refractivity contribution in [3.05, 3.63) is 76.4 Å². The van der Waals surface area contributed by atoms with Crippen LogP contribution < -0.4 is 5.32 Å². The van der Waals surface area contributed by atoms with Crippen LogP contribution in [-0.4, -0.2) is 54.8 Å². The van der Waals surface area contributed by atoms with E-state index in [9.17, 15) is 4.79 Å². The molecule has 0 aliphatic carbocycles. The first-order valence-electron chi connectivity index (χ1n) is 10.7. The van der Waals surface area contributed by atoms with Crippen LogP contribution in [0.2, 0.25) is 5.02 Å². The Bertz CT molecular complexity index is 1040. The third-order valence-corrected chi connectivity index (χ3v) is 5.99. The van der Waals surface area contributed by atoms with Gasteiger partial charge in [-0.1, -0.05) is 41.4 Å². The highest BCUT2D eigenvalue weighted by Gasteiger charge is 2.20. The summed E-state index contributed by atoms with van der Waals surface area (Å²) in [6.07, 6.45) is 0. The zero-order chi connectivity index (χ0) is 21.8. The molecule has 1 aromatic heterocycles. The van der Waals surface area contributed by atoms with E-state index in [4.69, 9.17) is 16.3 Å². The molecule has 1 N–H and O–H groups in total. The van der Waals surface area contributed by atoms with Gasteiger partial charge in [0.2, 0.25) is 0 Å². The van der Waals surface area contributed by atoms with E-state index in [1.807, 2.05) is 37.3 Å². The fraction of sp³-hybridized carbons (Fsp3) is 0.320. The highest BCUT2D eigenvalue weighted by atomic mass is 35.5. The Labute approximate surface area is 188 Å². The molecule has 2 heterocycles. The smallest absolute Gasteiger partial charge is 0.253 e. The predicted molar refractivity (Wildman–Crippen MR) is 125 cm³/mol. The summed E-state index contributed by atoms with van der Waals surface area (Å²) >= 11 is 6.10. The van der Waals surface area contributed by atoms with Crippen molar-refractivity contribution < 1.29 is 9.53 Å². The van der Waals surface area contributed by atoms with Gasteiger partial charge in [-0.3, -0.25) is 9.69 Å². The van der Waals surface area contributed by atoms with Gasteiger partial charge in [0, 0.05) is 42.6 Å². The number of nitrogens with one attached hydrogen (secondary N) is 1. The summed E-state index contributed by atoms with van der Waals surface area (Å²) in [7, 11) is 0. The number of aryl methyl sites for hydroxylation is 1. The topological polar surface area (TPSA) is 46.5 Å². The maximum Gasteiger partial charge on any atom is 0.253 e. The van der Waals surface area contributed by atoms with Crippen LogP contribution in [0, 0.1) is 13.8 Å². The summed E-state index contributed by atoms with van der Waals surface area (Å²) in [5, 5.41) is 3.78. The van der Waals surface area contributed by atoms with Crippen LogP contribution >= 0.6 is 11.6 Å². The largest absolute Gasteiger partial charge is 0.379 e. The van der Waals surface area contributed by atoms with Crippen molar-refractivity contribution in [1.29, 1.82) is 0 Å². The van der Waals surface area contributed by atoms with Gasteiger partial charge < -0.3 is 14.6 Å². The van der Waals surface area contributed by atoms with Crippen LogP contribution in [0.15, 0.2) is 54.6 Å². The number of rotatable bonds is 6. The van der Waals surface area contributed by atoms with Gasteiger partial charge in [0.05, 0.1) is 24.5 Å². The number of nitrogens with zero attached hydrogens (tertiary/aromatic N) is 2. The maximum atomic E-state index is 13.1. The molecule has 0 unspecified atom stereocenters. The van der Waals surface area contributed by atoms with Gasteiger partial charge in [-0.25, -0.2) is 0 Å². The summed E-state index contributed by atoms with van der Waals surface area (Å²) in [6, 6.07) is 18.0. The number of hydrogen-bond donors (Lipinski definition) is 1. The molecule has 0 atom stereocenters. The van der Waals surface area contributed by atoms with Crippen molar-refractivity contribution in [2.75, 3.05) is 39.4 Å². The quantitative estimate of drug-likeness (QED) is 0.618. The summed E-state index contributed by atoms with van der Waals surface area (Å²) < 4.78 is 7.53. The lowest BCUT2D eigenvalue weighted by molar-refractivity contribution is 0.0383. The molecule has 0 spiro atoms. The van der Waals surface area contributed by atoms with Gasteiger partial charge >= 0.3 is 0 Å². The van der Waals surface area contributed by atoms with Gasteiger partial charge in [-0.2, -0.15) is 0 Å². The lowest BCUT2D eigenvalue weighted by Crippen LogP contribution is -2.41. The van der Waals surface area contributed by atoms with Crippen molar-refractivity contribution >= 4 is 17.5 Å². The van der Waals surface area contributed by atoms with E-state index in [0.29, 0.717) is 17.1 Å². The minimum Gasteiger partial charge on any atom is -0.379 e. The number of amides is 1. The molecule has 6 heteroatoms. The lowest BCUT2D eigenvalue weighted by atomic mass is 10.1. The number of aromatic nitrogens is 1. The first-order valence-corrected chi connectivity index (χ1v) is 11.0. The molecular weight excluding hydrogens is 410 g/mol. The van der Waals surface area contributed by atoms with Crippen LogP contribution in [0.25, 0.3) is 16.9 Å². The Morgan fingerprint density at radius 1 is 1.03 bits per heavy atom. The molecule has 1 aliphatic heterocycles. The zero-order valence-corrected chi connectivity index (χ0v) is 18.8. The number of carbonyl (C=O) groups is 1. The van der Waals surface area contributed by atoms with Gasteiger partial charge in [0.25, 0.3) is 5.91 Å². The molecule has 0 bridgehead atoms. The van der Waals surface area contributed by atoms with Gasteiger partial charge in [0.15, 0.2) is 0 Å². The fourth-order valence-corrected chi connectivity index (χ4v) is 4.07. The number of benzene rings is 2. The SMILES string of the molecule is Cc1ccc(-n2c(-c3ccc(Cl)cc3)cc(C(=O)NCCN3CCOCC3)c2C)cc1. The second-order valence-corrected chi connectivity index (χ2v) is 8.35. The molecule has 5 nitrogen and oxygen atoms in total. The summed E-state index contributed by atoms with van der Waals surface area (Å²) in [6.45, 7) is 8.86. The average molecular weight is 438 g/mol. The molecule has 2 aromatic carbocycles.